The van der Waals surface area contributed by atoms with E-state index < -0.39 is 7.82 Å². The highest BCUT2D eigenvalue weighted by Gasteiger charge is 2.29. The average Bonchev–Trinajstić information content (AvgIpc) is 2.24. The van der Waals surface area contributed by atoms with E-state index in [1.807, 2.05) is 41.5 Å². The second-order valence-corrected chi connectivity index (χ2v) is 6.77. The van der Waals surface area contributed by atoms with Crippen molar-refractivity contribution in [3.63, 3.8) is 0 Å². The van der Waals surface area contributed by atoms with E-state index in [1.54, 1.807) is 0 Å². The number of phosphoric ester groups is 1. The Bertz CT molecular complexity index is 225. The van der Waals surface area contributed by atoms with Gasteiger partial charge in [0.25, 0.3) is 0 Å². The molecule has 17 heavy (non-hydrogen) atoms. The van der Waals surface area contributed by atoms with Gasteiger partial charge in [-0.15, -0.1) is 0 Å². The van der Waals surface area contributed by atoms with Crippen molar-refractivity contribution in [1.29, 1.82) is 0 Å². The second kappa shape index (κ2) is 8.25. The SMILES string of the molecule is CCC(C)OP(=O)(OCC(C)C)OCC(C)C. The van der Waals surface area contributed by atoms with Gasteiger partial charge in [0.05, 0.1) is 19.3 Å². The van der Waals surface area contributed by atoms with Crippen LogP contribution in [0.2, 0.25) is 0 Å². The average molecular weight is 266 g/mol. The molecule has 0 amide bonds. The normalized spacial score (nSPS) is 14.6. The molecule has 5 heteroatoms. The van der Waals surface area contributed by atoms with Crippen molar-refractivity contribution in [1.82, 2.24) is 0 Å². The van der Waals surface area contributed by atoms with Crippen LogP contribution < -0.4 is 0 Å². The first-order valence-corrected chi connectivity index (χ1v) is 7.82. The highest BCUT2D eigenvalue weighted by molar-refractivity contribution is 7.48. The standard InChI is InChI=1S/C12H27O4P/c1-7-12(6)16-17(13,14-8-10(2)3)15-9-11(4)5/h10-12H,7-9H2,1-6H3. The third kappa shape index (κ3) is 8.78. The van der Waals surface area contributed by atoms with Crippen molar-refractivity contribution >= 4 is 7.82 Å². The summed E-state index contributed by atoms with van der Waals surface area (Å²) < 4.78 is 28.4. The molecule has 0 heterocycles. The van der Waals surface area contributed by atoms with Crippen molar-refractivity contribution < 1.29 is 18.1 Å². The molecule has 0 N–H and O–H groups in total. The molecular formula is C12H27O4P. The van der Waals surface area contributed by atoms with E-state index in [4.69, 9.17) is 13.6 Å². The smallest absolute Gasteiger partial charge is 0.287 e. The summed E-state index contributed by atoms with van der Waals surface area (Å²) >= 11 is 0. The van der Waals surface area contributed by atoms with Crippen LogP contribution in [0.15, 0.2) is 0 Å². The summed E-state index contributed by atoms with van der Waals surface area (Å²) in [5.74, 6) is 0.595. The molecule has 4 nitrogen and oxygen atoms in total. The maximum Gasteiger partial charge on any atom is 0.475 e. The summed E-state index contributed by atoms with van der Waals surface area (Å²) in [5, 5.41) is 0. The van der Waals surface area contributed by atoms with E-state index in [0.29, 0.717) is 25.0 Å². The van der Waals surface area contributed by atoms with E-state index in [1.165, 1.54) is 0 Å². The number of phosphoric acid groups is 1. The maximum atomic E-state index is 12.3. The third-order valence-corrected chi connectivity index (χ3v) is 3.56. The summed E-state index contributed by atoms with van der Waals surface area (Å²) in [6, 6.07) is 0. The maximum absolute atomic E-state index is 12.3. The van der Waals surface area contributed by atoms with Gasteiger partial charge in [-0.3, -0.25) is 13.6 Å². The summed E-state index contributed by atoms with van der Waals surface area (Å²) in [6.07, 6.45) is 0.653. The molecule has 1 atom stereocenters. The largest absolute Gasteiger partial charge is 0.475 e. The quantitative estimate of drug-likeness (QED) is 0.585. The van der Waals surface area contributed by atoms with Crippen molar-refractivity contribution in [3.8, 4) is 0 Å². The van der Waals surface area contributed by atoms with Gasteiger partial charge in [-0.1, -0.05) is 34.6 Å². The topological polar surface area (TPSA) is 44.8 Å². The molecule has 0 aromatic heterocycles. The Kier molecular flexibility index (Phi) is 8.31. The first-order chi connectivity index (χ1) is 7.79. The fourth-order valence-electron chi connectivity index (χ4n) is 0.874. The van der Waals surface area contributed by atoms with Crippen LogP contribution in [0, 0.1) is 11.8 Å². The zero-order valence-electron chi connectivity index (χ0n) is 11.9. The Morgan fingerprint density at radius 2 is 1.35 bits per heavy atom. The molecule has 104 valence electrons. The molecule has 0 aromatic rings. The molecule has 0 rings (SSSR count). The predicted molar refractivity (Wildman–Crippen MR) is 70.0 cm³/mol. The summed E-state index contributed by atoms with van der Waals surface area (Å²) in [7, 11) is -3.40. The second-order valence-electron chi connectivity index (χ2n) is 5.15. The van der Waals surface area contributed by atoms with E-state index >= 15 is 0 Å². The molecule has 0 saturated heterocycles. The Labute approximate surface area is 106 Å². The molecule has 0 aliphatic heterocycles. The van der Waals surface area contributed by atoms with Crippen LogP contribution in [0.3, 0.4) is 0 Å². The zero-order chi connectivity index (χ0) is 13.5. The molecule has 0 bridgehead atoms. The summed E-state index contributed by atoms with van der Waals surface area (Å²) in [4.78, 5) is 0. The van der Waals surface area contributed by atoms with Gasteiger partial charge in [0.2, 0.25) is 0 Å². The minimum atomic E-state index is -3.40. The highest BCUT2D eigenvalue weighted by atomic mass is 31.2. The van der Waals surface area contributed by atoms with Crippen LogP contribution in [0.4, 0.5) is 0 Å². The molecule has 0 spiro atoms. The van der Waals surface area contributed by atoms with E-state index in [0.717, 1.165) is 6.42 Å². The van der Waals surface area contributed by atoms with Crippen LogP contribution in [-0.2, 0) is 18.1 Å². The Morgan fingerprint density at radius 1 is 0.941 bits per heavy atom. The first kappa shape index (κ1) is 17.1. The molecule has 0 aliphatic rings. The van der Waals surface area contributed by atoms with Crippen molar-refractivity contribution in [2.24, 2.45) is 11.8 Å². The molecule has 0 aromatic carbocycles. The fraction of sp³-hybridized carbons (Fsp3) is 1.00. The van der Waals surface area contributed by atoms with E-state index in [-0.39, 0.29) is 6.10 Å². The Morgan fingerprint density at radius 3 is 1.65 bits per heavy atom. The summed E-state index contributed by atoms with van der Waals surface area (Å²) in [5.41, 5.74) is 0. The third-order valence-electron chi connectivity index (χ3n) is 2.02. The van der Waals surface area contributed by atoms with Gasteiger partial charge in [0.1, 0.15) is 0 Å². The van der Waals surface area contributed by atoms with Gasteiger partial charge in [-0.05, 0) is 25.2 Å². The molecule has 1 unspecified atom stereocenters. The van der Waals surface area contributed by atoms with Crippen LogP contribution in [0.5, 0.6) is 0 Å². The van der Waals surface area contributed by atoms with Crippen molar-refractivity contribution in [2.45, 2.75) is 54.1 Å². The van der Waals surface area contributed by atoms with Gasteiger partial charge >= 0.3 is 7.82 Å². The number of hydrogen-bond acceptors (Lipinski definition) is 4. The molecule has 0 saturated carbocycles. The van der Waals surface area contributed by atoms with Crippen LogP contribution >= 0.6 is 7.82 Å². The summed E-state index contributed by atoms with van der Waals surface area (Å²) in [6.45, 7) is 12.6. The molecule has 0 aliphatic carbocycles. The first-order valence-electron chi connectivity index (χ1n) is 6.36. The minimum absolute atomic E-state index is 0.125. The Balaban J connectivity index is 4.39. The fourth-order valence-corrected chi connectivity index (χ4v) is 2.62. The van der Waals surface area contributed by atoms with Crippen molar-refractivity contribution in [3.05, 3.63) is 0 Å². The zero-order valence-corrected chi connectivity index (χ0v) is 12.8. The predicted octanol–water partition coefficient (Wildman–Crippen LogP) is 4.25. The lowest BCUT2D eigenvalue weighted by Crippen LogP contribution is -2.12. The van der Waals surface area contributed by atoms with Gasteiger partial charge in [-0.2, -0.15) is 0 Å². The van der Waals surface area contributed by atoms with E-state index in [9.17, 15) is 4.57 Å². The monoisotopic (exact) mass is 266 g/mol. The lowest BCUT2D eigenvalue weighted by atomic mass is 10.2. The molecule has 0 radical (unpaired) electrons. The van der Waals surface area contributed by atoms with Crippen LogP contribution in [0.25, 0.3) is 0 Å². The van der Waals surface area contributed by atoms with E-state index in [2.05, 4.69) is 0 Å². The van der Waals surface area contributed by atoms with Gasteiger partial charge in [0.15, 0.2) is 0 Å². The highest BCUT2D eigenvalue weighted by Crippen LogP contribution is 2.51. The number of hydrogen-bond donors (Lipinski definition) is 0. The van der Waals surface area contributed by atoms with Gasteiger partial charge < -0.3 is 0 Å². The molecular weight excluding hydrogens is 239 g/mol. The van der Waals surface area contributed by atoms with Crippen LogP contribution in [-0.4, -0.2) is 19.3 Å². The lowest BCUT2D eigenvalue weighted by molar-refractivity contribution is 0.0702. The Hall–Kier alpha value is 0.110. The van der Waals surface area contributed by atoms with Crippen molar-refractivity contribution in [2.75, 3.05) is 13.2 Å². The minimum Gasteiger partial charge on any atom is -0.287 e. The van der Waals surface area contributed by atoms with Gasteiger partial charge in [0, 0.05) is 0 Å². The van der Waals surface area contributed by atoms with Crippen LogP contribution in [0.1, 0.15) is 48.0 Å². The van der Waals surface area contributed by atoms with Gasteiger partial charge in [-0.25, -0.2) is 4.57 Å². The molecule has 0 fully saturated rings. The lowest BCUT2D eigenvalue weighted by Gasteiger charge is -2.22. The number of rotatable bonds is 9.